The number of carboxylic acid groups (broad SMARTS) is 1. The SMILES string of the molecule is CCCCC/C=C\C\C=C/C=C/C=C/[C@@H](SC[C@H](N)C(=O)OC[C@H](O)COC(=O)CCCCCCCCCCCCCCCCC(C)CC)[C@@H](O)CCCC(=O)O. The molecule has 0 aromatic heterocycles. The summed E-state index contributed by atoms with van der Waals surface area (Å²) in [5.74, 6) is -0.984. The number of unbranched alkanes of at least 4 members (excludes halogenated alkanes) is 16. The summed E-state index contributed by atoms with van der Waals surface area (Å²) >= 11 is 1.27. The summed E-state index contributed by atoms with van der Waals surface area (Å²) in [5, 5.41) is 29.5. The van der Waals surface area contributed by atoms with Gasteiger partial charge in [-0.2, -0.15) is 0 Å². The number of ether oxygens (including phenoxy) is 2. The molecule has 10 heteroatoms. The normalized spacial score (nSPS) is 14.8. The maximum Gasteiger partial charge on any atom is 0.323 e. The molecule has 0 aliphatic rings. The van der Waals surface area contributed by atoms with Crippen LogP contribution in [0.1, 0.15) is 181 Å². The fourth-order valence-electron chi connectivity index (χ4n) is 6.15. The predicted molar refractivity (Wildman–Crippen MR) is 238 cm³/mol. The monoisotopic (exact) mass is 822 g/mol. The van der Waals surface area contributed by atoms with Gasteiger partial charge < -0.3 is 30.5 Å². The van der Waals surface area contributed by atoms with E-state index in [4.69, 9.17) is 20.3 Å². The number of hydrogen-bond acceptors (Lipinski definition) is 9. The van der Waals surface area contributed by atoms with Gasteiger partial charge >= 0.3 is 17.9 Å². The van der Waals surface area contributed by atoms with Gasteiger partial charge in [-0.05, 0) is 44.4 Å². The second kappa shape index (κ2) is 40.4. The minimum absolute atomic E-state index is 0.0430. The molecule has 0 saturated carbocycles. The second-order valence-electron chi connectivity index (χ2n) is 15.6. The van der Waals surface area contributed by atoms with E-state index in [2.05, 4.69) is 39.0 Å². The molecule has 0 aliphatic carbocycles. The third-order valence-corrected chi connectivity index (χ3v) is 11.5. The van der Waals surface area contributed by atoms with Gasteiger partial charge in [0, 0.05) is 23.8 Å². The minimum atomic E-state index is -1.16. The molecule has 0 rings (SSSR count). The van der Waals surface area contributed by atoms with Crippen molar-refractivity contribution in [3.63, 3.8) is 0 Å². The topological polar surface area (TPSA) is 156 Å². The smallest absolute Gasteiger partial charge is 0.323 e. The molecule has 0 spiro atoms. The summed E-state index contributed by atoms with van der Waals surface area (Å²) in [4.78, 5) is 35.6. The average Bonchev–Trinajstić information content (AvgIpc) is 3.19. The molecule has 0 aliphatic heterocycles. The summed E-state index contributed by atoms with van der Waals surface area (Å²) in [6.07, 6.45) is 40.4. The van der Waals surface area contributed by atoms with Gasteiger partial charge in [0.1, 0.15) is 25.4 Å². The molecule has 0 aromatic rings. The van der Waals surface area contributed by atoms with Crippen molar-refractivity contribution < 1.29 is 39.2 Å². The van der Waals surface area contributed by atoms with Crippen LogP contribution in [0.25, 0.3) is 0 Å². The summed E-state index contributed by atoms with van der Waals surface area (Å²) in [6, 6.07) is -1.01. The number of nitrogens with two attached hydrogens (primary N) is 1. The quantitative estimate of drug-likeness (QED) is 0.0203. The van der Waals surface area contributed by atoms with Crippen LogP contribution in [0.3, 0.4) is 0 Å². The highest BCUT2D eigenvalue weighted by molar-refractivity contribution is 8.00. The molecule has 57 heavy (non-hydrogen) atoms. The number of allylic oxidation sites excluding steroid dienone is 7. The van der Waals surface area contributed by atoms with Crippen molar-refractivity contribution in [2.45, 2.75) is 205 Å². The maximum absolute atomic E-state index is 12.5. The van der Waals surface area contributed by atoms with E-state index in [1.807, 2.05) is 30.4 Å². The Morgan fingerprint density at radius 3 is 1.88 bits per heavy atom. The van der Waals surface area contributed by atoms with Gasteiger partial charge in [0.2, 0.25) is 0 Å². The van der Waals surface area contributed by atoms with Crippen molar-refractivity contribution in [2.75, 3.05) is 19.0 Å². The second-order valence-corrected chi connectivity index (χ2v) is 16.8. The Labute approximate surface area is 351 Å². The molecule has 1 unspecified atom stereocenters. The average molecular weight is 822 g/mol. The number of aliphatic hydroxyl groups excluding tert-OH is 2. The fraction of sp³-hybridized carbons (Fsp3) is 0.766. The minimum Gasteiger partial charge on any atom is -0.481 e. The lowest BCUT2D eigenvalue weighted by atomic mass is 9.99. The van der Waals surface area contributed by atoms with Crippen molar-refractivity contribution in [3.8, 4) is 0 Å². The van der Waals surface area contributed by atoms with E-state index in [0.29, 0.717) is 12.8 Å². The van der Waals surface area contributed by atoms with Crippen LogP contribution in [0.2, 0.25) is 0 Å². The van der Waals surface area contributed by atoms with Crippen molar-refractivity contribution in [1.29, 1.82) is 0 Å². The van der Waals surface area contributed by atoms with Crippen LogP contribution in [0.15, 0.2) is 48.6 Å². The lowest BCUT2D eigenvalue weighted by molar-refractivity contribution is -0.153. The van der Waals surface area contributed by atoms with Crippen LogP contribution >= 0.6 is 11.8 Å². The zero-order valence-corrected chi connectivity index (χ0v) is 37.0. The number of aliphatic hydroxyl groups is 2. The van der Waals surface area contributed by atoms with Crippen LogP contribution in [0, 0.1) is 5.92 Å². The predicted octanol–water partition coefficient (Wildman–Crippen LogP) is 11.0. The highest BCUT2D eigenvalue weighted by atomic mass is 32.2. The first-order valence-electron chi connectivity index (χ1n) is 22.5. The lowest BCUT2D eigenvalue weighted by Crippen LogP contribution is -2.38. The molecular formula is C47H83NO8S. The first kappa shape index (κ1) is 54.6. The van der Waals surface area contributed by atoms with E-state index < -0.39 is 35.4 Å². The zero-order valence-electron chi connectivity index (χ0n) is 36.2. The number of aliphatic carboxylic acids is 1. The Morgan fingerprint density at radius 2 is 1.26 bits per heavy atom. The summed E-state index contributed by atoms with van der Waals surface area (Å²) in [5.41, 5.74) is 6.07. The van der Waals surface area contributed by atoms with Crippen molar-refractivity contribution >= 4 is 29.7 Å². The molecule has 0 amide bonds. The first-order chi connectivity index (χ1) is 27.6. The summed E-state index contributed by atoms with van der Waals surface area (Å²) in [6.45, 7) is 6.22. The molecule has 0 saturated heterocycles. The van der Waals surface area contributed by atoms with Crippen LogP contribution in [0.4, 0.5) is 0 Å². The number of carboxylic acids is 1. The number of carbonyl (C=O) groups excluding carboxylic acids is 2. The highest BCUT2D eigenvalue weighted by Crippen LogP contribution is 2.22. The van der Waals surface area contributed by atoms with Crippen molar-refractivity contribution in [2.24, 2.45) is 11.7 Å². The number of rotatable bonds is 40. The van der Waals surface area contributed by atoms with E-state index in [9.17, 15) is 24.6 Å². The molecule has 0 aromatic carbocycles. The molecule has 5 N–H and O–H groups in total. The van der Waals surface area contributed by atoms with Gasteiger partial charge in [0.25, 0.3) is 0 Å². The number of thioether (sulfide) groups is 1. The first-order valence-corrected chi connectivity index (χ1v) is 23.6. The van der Waals surface area contributed by atoms with Gasteiger partial charge in [-0.25, -0.2) is 0 Å². The third kappa shape index (κ3) is 37.6. The number of esters is 2. The fourth-order valence-corrected chi connectivity index (χ4v) is 7.28. The third-order valence-electron chi connectivity index (χ3n) is 10.1. The lowest BCUT2D eigenvalue weighted by Gasteiger charge is -2.21. The Kier molecular flexibility index (Phi) is 38.7. The Bertz CT molecular complexity index is 1090. The largest absolute Gasteiger partial charge is 0.481 e. The molecule has 9 nitrogen and oxygen atoms in total. The Morgan fingerprint density at radius 1 is 0.667 bits per heavy atom. The molecule has 5 atom stereocenters. The van der Waals surface area contributed by atoms with Crippen LogP contribution < -0.4 is 5.73 Å². The van der Waals surface area contributed by atoms with E-state index in [1.165, 1.54) is 114 Å². The van der Waals surface area contributed by atoms with E-state index in [0.717, 1.165) is 38.0 Å². The molecule has 0 fully saturated rings. The molecular weight excluding hydrogens is 739 g/mol. The molecule has 0 radical (unpaired) electrons. The summed E-state index contributed by atoms with van der Waals surface area (Å²) < 4.78 is 10.3. The zero-order chi connectivity index (χ0) is 42.2. The van der Waals surface area contributed by atoms with Gasteiger partial charge in [-0.3, -0.25) is 14.4 Å². The Hall–Kier alpha value is -2.40. The van der Waals surface area contributed by atoms with Crippen LogP contribution in [-0.4, -0.2) is 75.7 Å². The highest BCUT2D eigenvalue weighted by Gasteiger charge is 2.23. The van der Waals surface area contributed by atoms with Gasteiger partial charge in [-0.15, -0.1) is 11.8 Å². The van der Waals surface area contributed by atoms with Crippen LogP contribution in [0.5, 0.6) is 0 Å². The van der Waals surface area contributed by atoms with Gasteiger partial charge in [0.15, 0.2) is 0 Å². The van der Waals surface area contributed by atoms with E-state index in [-0.39, 0.29) is 37.8 Å². The van der Waals surface area contributed by atoms with Crippen LogP contribution in [-0.2, 0) is 23.9 Å². The maximum atomic E-state index is 12.5. The van der Waals surface area contributed by atoms with E-state index >= 15 is 0 Å². The Balaban J connectivity index is 4.22. The van der Waals surface area contributed by atoms with Crippen molar-refractivity contribution in [1.82, 2.24) is 0 Å². The number of carbonyl (C=O) groups is 3. The van der Waals surface area contributed by atoms with Crippen molar-refractivity contribution in [3.05, 3.63) is 48.6 Å². The summed E-state index contributed by atoms with van der Waals surface area (Å²) in [7, 11) is 0. The number of hydrogen-bond donors (Lipinski definition) is 4. The molecule has 0 bridgehead atoms. The van der Waals surface area contributed by atoms with E-state index in [1.54, 1.807) is 0 Å². The van der Waals surface area contributed by atoms with Gasteiger partial charge in [0.05, 0.1) is 6.10 Å². The van der Waals surface area contributed by atoms with Gasteiger partial charge in [-0.1, -0.05) is 179 Å². The molecule has 330 valence electrons. The standard InChI is InChI=1S/C47H83NO8S/c1-4-6-7-8-9-10-11-17-20-23-26-29-34-44(43(50)33-31-35-45(51)52)57-39-42(48)47(54)56-38-41(49)37-55-46(53)36-30-27-24-21-18-15-13-12-14-16-19-22-25-28-32-40(3)5-2/h9-10,17,20,23,26,29,34,40-44,49-50H,4-8,11-16,18-19,21-22,24-25,27-28,30-33,35-39,48H2,1-3H3,(H,51,52)/b10-9-,20-17-,26-23+,34-29+/t40?,41-,42+,43+,44-/m1/s1. The molecule has 0 heterocycles.